The van der Waals surface area contributed by atoms with Crippen molar-refractivity contribution in [2.75, 3.05) is 62.6 Å². The first-order valence-electron chi connectivity index (χ1n) is 13.2. The van der Waals surface area contributed by atoms with Crippen molar-refractivity contribution in [3.05, 3.63) is 59.8 Å². The van der Waals surface area contributed by atoms with Crippen LogP contribution in [-0.4, -0.2) is 80.3 Å². The summed E-state index contributed by atoms with van der Waals surface area (Å²) in [5.41, 5.74) is 3.47. The van der Waals surface area contributed by atoms with Gasteiger partial charge in [-0.05, 0) is 81.9 Å². The third kappa shape index (κ3) is 5.12. The number of amides is 3. The minimum absolute atomic E-state index is 0.111. The van der Waals surface area contributed by atoms with Crippen LogP contribution in [0.5, 0.6) is 5.75 Å². The summed E-state index contributed by atoms with van der Waals surface area (Å²) >= 11 is 0. The second-order valence-electron chi connectivity index (χ2n) is 10.2. The Balaban J connectivity index is 1.51. The SMILES string of the molecule is COc1ccc(-n2nc(N(C)C(=O)CN(C)C)c3c2C(=O)N(c2ccc(N4CCCCC4=O)cc2)CC3)cc1. The van der Waals surface area contributed by atoms with Crippen LogP contribution in [0.25, 0.3) is 5.69 Å². The fourth-order valence-electron chi connectivity index (χ4n) is 5.15. The van der Waals surface area contributed by atoms with Gasteiger partial charge in [0.25, 0.3) is 5.91 Å². The fraction of sp³-hybridized carbons (Fsp3) is 0.379. The predicted octanol–water partition coefficient (Wildman–Crippen LogP) is 3.13. The Morgan fingerprint density at radius 1 is 0.872 bits per heavy atom. The monoisotopic (exact) mass is 530 g/mol. The maximum atomic E-state index is 14.0. The molecule has 3 aromatic rings. The van der Waals surface area contributed by atoms with Crippen LogP contribution in [0.1, 0.15) is 35.3 Å². The van der Waals surface area contributed by atoms with Crippen LogP contribution in [0.15, 0.2) is 48.5 Å². The van der Waals surface area contributed by atoms with E-state index >= 15 is 0 Å². The van der Waals surface area contributed by atoms with Crippen molar-refractivity contribution >= 4 is 34.9 Å². The topological polar surface area (TPSA) is 91.2 Å². The number of anilines is 3. The van der Waals surface area contributed by atoms with Gasteiger partial charge in [-0.15, -0.1) is 5.10 Å². The van der Waals surface area contributed by atoms with Gasteiger partial charge in [0, 0.05) is 43.5 Å². The predicted molar refractivity (Wildman–Crippen MR) is 150 cm³/mol. The lowest BCUT2D eigenvalue weighted by atomic mass is 10.0. The highest BCUT2D eigenvalue weighted by atomic mass is 16.5. The number of carbonyl (C=O) groups excluding carboxylic acids is 3. The molecule has 0 aliphatic carbocycles. The Hall–Kier alpha value is -4.18. The van der Waals surface area contributed by atoms with Crippen molar-refractivity contribution in [3.8, 4) is 11.4 Å². The molecule has 0 radical (unpaired) electrons. The van der Waals surface area contributed by atoms with E-state index in [0.717, 1.165) is 29.8 Å². The van der Waals surface area contributed by atoms with E-state index in [4.69, 9.17) is 9.84 Å². The molecule has 0 saturated carbocycles. The van der Waals surface area contributed by atoms with Crippen molar-refractivity contribution in [2.45, 2.75) is 25.7 Å². The molecule has 2 aliphatic rings. The van der Waals surface area contributed by atoms with Crippen LogP contribution >= 0.6 is 0 Å². The smallest absolute Gasteiger partial charge is 0.277 e. The largest absolute Gasteiger partial charge is 0.497 e. The number of nitrogens with zero attached hydrogens (tertiary/aromatic N) is 6. The Kier molecular flexibility index (Phi) is 7.38. The number of fused-ring (bicyclic) bond motifs is 1. The van der Waals surface area contributed by atoms with E-state index in [-0.39, 0.29) is 24.3 Å². The standard InChI is InChI=1S/C29H34N6O4/c1-31(2)19-26(37)32(3)28-24-16-18-34(21-10-8-20(9-11-21)33-17-6-5-7-25(33)36)29(38)27(24)35(30-28)22-12-14-23(39-4)15-13-22/h8-15H,5-7,16-19H2,1-4H3. The number of benzene rings is 2. The highest BCUT2D eigenvalue weighted by molar-refractivity contribution is 6.09. The molecule has 0 spiro atoms. The molecule has 10 heteroatoms. The molecule has 3 heterocycles. The van der Waals surface area contributed by atoms with Gasteiger partial charge < -0.3 is 19.4 Å². The molecule has 1 saturated heterocycles. The van der Waals surface area contributed by atoms with E-state index < -0.39 is 0 Å². The number of ether oxygens (including phenoxy) is 1. The van der Waals surface area contributed by atoms with Crippen molar-refractivity contribution in [1.29, 1.82) is 0 Å². The molecule has 1 aromatic heterocycles. The zero-order chi connectivity index (χ0) is 27.7. The molecular weight excluding hydrogens is 496 g/mol. The molecule has 3 amide bonds. The quantitative estimate of drug-likeness (QED) is 0.466. The summed E-state index contributed by atoms with van der Waals surface area (Å²) < 4.78 is 6.92. The molecule has 0 bridgehead atoms. The molecule has 204 valence electrons. The van der Waals surface area contributed by atoms with Gasteiger partial charge in [-0.1, -0.05) is 0 Å². The molecular formula is C29H34N6O4. The van der Waals surface area contributed by atoms with Gasteiger partial charge in [-0.2, -0.15) is 0 Å². The van der Waals surface area contributed by atoms with Gasteiger partial charge in [0.15, 0.2) is 5.82 Å². The number of methoxy groups -OCH3 is 1. The summed E-state index contributed by atoms with van der Waals surface area (Å²) in [6.45, 7) is 1.39. The summed E-state index contributed by atoms with van der Waals surface area (Å²) in [7, 11) is 6.97. The van der Waals surface area contributed by atoms with E-state index in [2.05, 4.69) is 0 Å². The van der Waals surface area contributed by atoms with Crippen molar-refractivity contribution in [3.63, 3.8) is 0 Å². The molecule has 2 aliphatic heterocycles. The number of hydrogen-bond acceptors (Lipinski definition) is 6. The second kappa shape index (κ2) is 10.9. The minimum atomic E-state index is -0.193. The Labute approximate surface area is 228 Å². The molecule has 1 fully saturated rings. The zero-order valence-corrected chi connectivity index (χ0v) is 22.9. The molecule has 0 unspecified atom stereocenters. The summed E-state index contributed by atoms with van der Waals surface area (Å²) in [5.74, 6) is 1.01. The third-order valence-electron chi connectivity index (χ3n) is 7.25. The lowest BCUT2D eigenvalue weighted by Gasteiger charge is -2.30. The van der Waals surface area contributed by atoms with Gasteiger partial charge in [-0.25, -0.2) is 4.68 Å². The van der Waals surface area contributed by atoms with Gasteiger partial charge in [0.2, 0.25) is 11.8 Å². The molecule has 39 heavy (non-hydrogen) atoms. The van der Waals surface area contributed by atoms with Crippen LogP contribution in [0.3, 0.4) is 0 Å². The zero-order valence-electron chi connectivity index (χ0n) is 22.9. The molecule has 2 aromatic carbocycles. The van der Waals surface area contributed by atoms with Crippen LogP contribution < -0.4 is 19.4 Å². The Morgan fingerprint density at radius 2 is 1.51 bits per heavy atom. The number of hydrogen-bond donors (Lipinski definition) is 0. The van der Waals surface area contributed by atoms with E-state index in [1.54, 1.807) is 28.6 Å². The second-order valence-corrected chi connectivity index (χ2v) is 10.2. The van der Waals surface area contributed by atoms with Crippen LogP contribution in [-0.2, 0) is 16.0 Å². The molecule has 0 atom stereocenters. The van der Waals surface area contributed by atoms with Crippen molar-refractivity contribution in [1.82, 2.24) is 14.7 Å². The lowest BCUT2D eigenvalue weighted by molar-refractivity contribution is -0.120. The van der Waals surface area contributed by atoms with Crippen LogP contribution in [0.4, 0.5) is 17.2 Å². The third-order valence-corrected chi connectivity index (χ3v) is 7.25. The maximum Gasteiger partial charge on any atom is 0.277 e. The number of piperidine rings is 1. The first-order chi connectivity index (χ1) is 18.8. The average molecular weight is 531 g/mol. The highest BCUT2D eigenvalue weighted by Crippen LogP contribution is 2.34. The minimum Gasteiger partial charge on any atom is -0.497 e. The molecule has 0 N–H and O–H groups in total. The lowest BCUT2D eigenvalue weighted by Crippen LogP contribution is -2.40. The van der Waals surface area contributed by atoms with Crippen LogP contribution in [0, 0.1) is 0 Å². The van der Waals surface area contributed by atoms with E-state index in [0.29, 0.717) is 48.9 Å². The average Bonchev–Trinajstić information content (AvgIpc) is 3.33. The molecule has 10 nitrogen and oxygen atoms in total. The highest BCUT2D eigenvalue weighted by Gasteiger charge is 2.35. The van der Waals surface area contributed by atoms with Gasteiger partial charge in [0.1, 0.15) is 11.4 Å². The van der Waals surface area contributed by atoms with Gasteiger partial charge in [0.05, 0.1) is 19.3 Å². The molecule has 5 rings (SSSR count). The normalized spacial score (nSPS) is 15.5. The number of carbonyl (C=O) groups is 3. The van der Waals surface area contributed by atoms with E-state index in [1.807, 2.05) is 67.5 Å². The van der Waals surface area contributed by atoms with Gasteiger partial charge >= 0.3 is 0 Å². The van der Waals surface area contributed by atoms with E-state index in [1.165, 1.54) is 4.90 Å². The Morgan fingerprint density at radius 3 is 2.13 bits per heavy atom. The van der Waals surface area contributed by atoms with E-state index in [9.17, 15) is 14.4 Å². The number of aromatic nitrogens is 2. The number of rotatable bonds is 7. The van der Waals surface area contributed by atoms with Crippen LogP contribution in [0.2, 0.25) is 0 Å². The summed E-state index contributed by atoms with van der Waals surface area (Å²) in [6, 6.07) is 14.9. The summed E-state index contributed by atoms with van der Waals surface area (Å²) in [6.07, 6.45) is 3.03. The first-order valence-corrected chi connectivity index (χ1v) is 13.2. The number of likely N-dealkylation sites (N-methyl/N-ethyl adjacent to an activating group) is 2. The van der Waals surface area contributed by atoms with Gasteiger partial charge in [-0.3, -0.25) is 19.3 Å². The summed E-state index contributed by atoms with van der Waals surface area (Å²) in [5, 5.41) is 4.78. The Bertz CT molecular complexity index is 1380. The van der Waals surface area contributed by atoms with Crippen molar-refractivity contribution in [2.24, 2.45) is 0 Å². The first kappa shape index (κ1) is 26.4. The fourth-order valence-corrected chi connectivity index (χ4v) is 5.15. The van der Waals surface area contributed by atoms with Crippen molar-refractivity contribution < 1.29 is 19.1 Å². The summed E-state index contributed by atoms with van der Waals surface area (Å²) in [4.78, 5) is 46.2. The maximum absolute atomic E-state index is 14.0.